The van der Waals surface area contributed by atoms with Crippen molar-refractivity contribution in [3.8, 4) is 0 Å². The Bertz CT molecular complexity index is 867. The molecule has 1 atom stereocenters. The molecule has 0 aliphatic rings. The molecule has 2 aromatic rings. The van der Waals surface area contributed by atoms with E-state index in [1.54, 1.807) is 12.3 Å². The van der Waals surface area contributed by atoms with Gasteiger partial charge in [0.15, 0.2) is 5.65 Å². The number of aromatic nitrogens is 2. The highest BCUT2D eigenvalue weighted by Crippen LogP contribution is 2.25. The molecule has 9 heteroatoms. The van der Waals surface area contributed by atoms with Crippen LogP contribution in [0.2, 0.25) is 0 Å². The van der Waals surface area contributed by atoms with Crippen molar-refractivity contribution in [1.82, 2.24) is 9.97 Å². The largest absolute Gasteiger partial charge is 0.534 e. The van der Waals surface area contributed by atoms with Crippen LogP contribution in [0.4, 0.5) is 13.2 Å². The number of fused-ring (bicyclic) bond motifs is 1. The molecule has 0 saturated heterocycles. The molecule has 2 heterocycles. The molecule has 0 bridgehead atoms. The predicted octanol–water partition coefficient (Wildman–Crippen LogP) is 4.36. The summed E-state index contributed by atoms with van der Waals surface area (Å²) in [6, 6.07) is 7.37. The van der Waals surface area contributed by atoms with Crippen LogP contribution in [-0.4, -0.2) is 23.9 Å². The topological polar surface area (TPSA) is 69.2 Å². The highest BCUT2D eigenvalue weighted by Gasteiger charge is 2.47. The maximum atomic E-state index is 12.3. The summed E-state index contributed by atoms with van der Waals surface area (Å²) in [4.78, 5) is 8.61. The van der Waals surface area contributed by atoms with Crippen LogP contribution >= 0.6 is 0 Å². The van der Waals surface area contributed by atoms with Crippen molar-refractivity contribution in [3.05, 3.63) is 48.5 Å². The normalized spacial score (nSPS) is 14.0. The van der Waals surface area contributed by atoms with Crippen molar-refractivity contribution in [3.63, 3.8) is 0 Å². The molecule has 0 amide bonds. The SMILES string of the molecule is CCCCC(C=COS(=O)(=O)C(F)(F)F)Cc1ccc2cccnc2n1. The number of halogens is 3. The first-order valence-electron chi connectivity index (χ1n) is 8.10. The molecular weight excluding hydrogens is 369 g/mol. The van der Waals surface area contributed by atoms with Gasteiger partial charge in [-0.05, 0) is 49.1 Å². The van der Waals surface area contributed by atoms with E-state index < -0.39 is 15.6 Å². The van der Waals surface area contributed by atoms with E-state index in [4.69, 9.17) is 0 Å². The molecule has 0 aromatic carbocycles. The van der Waals surface area contributed by atoms with Crippen molar-refractivity contribution in [2.75, 3.05) is 0 Å². The number of hydrogen-bond donors (Lipinski definition) is 0. The second kappa shape index (κ2) is 8.48. The van der Waals surface area contributed by atoms with Crippen LogP contribution in [0, 0.1) is 5.92 Å². The molecule has 5 nitrogen and oxygen atoms in total. The summed E-state index contributed by atoms with van der Waals surface area (Å²) < 4.78 is 62.7. The third-order valence-electron chi connectivity index (χ3n) is 3.74. The molecule has 0 radical (unpaired) electrons. The molecule has 0 spiro atoms. The fraction of sp³-hybridized carbons (Fsp3) is 0.412. The number of rotatable bonds is 8. The maximum absolute atomic E-state index is 12.3. The van der Waals surface area contributed by atoms with Gasteiger partial charge < -0.3 is 4.18 Å². The zero-order valence-electron chi connectivity index (χ0n) is 14.1. The van der Waals surface area contributed by atoms with Crippen molar-refractivity contribution in [1.29, 1.82) is 0 Å². The van der Waals surface area contributed by atoms with Crippen molar-refractivity contribution in [2.24, 2.45) is 5.92 Å². The summed E-state index contributed by atoms with van der Waals surface area (Å²) in [6.07, 6.45) is 6.42. The third-order valence-corrected chi connectivity index (χ3v) is 4.67. The molecule has 0 aliphatic heterocycles. The smallest absolute Gasteiger partial charge is 0.384 e. The predicted molar refractivity (Wildman–Crippen MR) is 91.5 cm³/mol. The Balaban J connectivity index is 2.12. The zero-order valence-corrected chi connectivity index (χ0v) is 14.9. The first-order chi connectivity index (χ1) is 12.2. The number of hydrogen-bond acceptors (Lipinski definition) is 5. The first-order valence-corrected chi connectivity index (χ1v) is 9.50. The van der Waals surface area contributed by atoms with E-state index in [1.165, 1.54) is 6.08 Å². The van der Waals surface area contributed by atoms with E-state index in [0.29, 0.717) is 24.8 Å². The Hall–Kier alpha value is -2.16. The molecule has 2 rings (SSSR count). The standard InChI is InChI=1S/C17H19F3N2O3S/c1-2-3-5-13(9-11-25-26(23,24)17(18,19)20)12-15-8-7-14-6-4-10-21-16(14)22-15/h4,6-11,13H,2-3,5,12H2,1H3. The third kappa shape index (κ3) is 5.42. The Kier molecular flexibility index (Phi) is 6.57. The lowest BCUT2D eigenvalue weighted by atomic mass is 9.96. The minimum atomic E-state index is -5.63. The van der Waals surface area contributed by atoms with Gasteiger partial charge in [0.05, 0.1) is 0 Å². The summed E-state index contributed by atoms with van der Waals surface area (Å²) in [5.41, 5.74) is -4.14. The van der Waals surface area contributed by atoms with Crippen molar-refractivity contribution >= 4 is 21.2 Å². The summed E-state index contributed by atoms with van der Waals surface area (Å²) >= 11 is 0. The highest BCUT2D eigenvalue weighted by atomic mass is 32.2. The molecule has 0 fully saturated rings. The summed E-state index contributed by atoms with van der Waals surface area (Å²) in [5, 5.41) is 0.886. The summed E-state index contributed by atoms with van der Waals surface area (Å²) in [6.45, 7) is 1.99. The number of allylic oxidation sites excluding steroid dienone is 1. The lowest BCUT2D eigenvalue weighted by molar-refractivity contribution is -0.0515. The maximum Gasteiger partial charge on any atom is 0.534 e. The van der Waals surface area contributed by atoms with Gasteiger partial charge >= 0.3 is 15.6 Å². The zero-order chi connectivity index (χ0) is 19.2. The molecule has 1 unspecified atom stereocenters. The molecular formula is C17H19F3N2O3S. The summed E-state index contributed by atoms with van der Waals surface area (Å²) in [5.74, 6) is -0.202. The van der Waals surface area contributed by atoms with Crippen LogP contribution < -0.4 is 0 Å². The van der Waals surface area contributed by atoms with E-state index in [0.717, 1.165) is 23.9 Å². The van der Waals surface area contributed by atoms with Gasteiger partial charge in [-0.1, -0.05) is 19.8 Å². The number of unbranched alkanes of at least 4 members (excludes halogenated alkanes) is 1. The van der Waals surface area contributed by atoms with Gasteiger partial charge in [0.1, 0.15) is 6.26 Å². The van der Waals surface area contributed by atoms with Gasteiger partial charge in [0.25, 0.3) is 0 Å². The monoisotopic (exact) mass is 388 g/mol. The first kappa shape index (κ1) is 20.2. The average Bonchev–Trinajstić information content (AvgIpc) is 2.58. The van der Waals surface area contributed by atoms with Crippen LogP contribution in [-0.2, 0) is 20.7 Å². The molecule has 0 N–H and O–H groups in total. The highest BCUT2D eigenvalue weighted by molar-refractivity contribution is 7.87. The number of pyridine rings is 2. The Morgan fingerprint density at radius 3 is 2.73 bits per heavy atom. The van der Waals surface area contributed by atoms with Crippen molar-refractivity contribution < 1.29 is 25.8 Å². The number of alkyl halides is 3. The van der Waals surface area contributed by atoms with E-state index in [9.17, 15) is 21.6 Å². The molecule has 142 valence electrons. The lowest BCUT2D eigenvalue weighted by Crippen LogP contribution is -2.23. The second-order valence-electron chi connectivity index (χ2n) is 5.78. The van der Waals surface area contributed by atoms with Crippen LogP contribution in [0.1, 0.15) is 31.9 Å². The minimum Gasteiger partial charge on any atom is -0.384 e. The lowest BCUT2D eigenvalue weighted by Gasteiger charge is -2.12. The van der Waals surface area contributed by atoms with E-state index in [1.807, 2.05) is 25.1 Å². The Morgan fingerprint density at radius 1 is 1.27 bits per heavy atom. The average molecular weight is 388 g/mol. The van der Waals surface area contributed by atoms with Gasteiger partial charge in [-0.3, -0.25) is 0 Å². The van der Waals surface area contributed by atoms with E-state index in [2.05, 4.69) is 14.2 Å². The second-order valence-corrected chi connectivity index (χ2v) is 7.35. The van der Waals surface area contributed by atoms with Crippen LogP contribution in [0.25, 0.3) is 11.0 Å². The van der Waals surface area contributed by atoms with Crippen molar-refractivity contribution in [2.45, 2.75) is 38.1 Å². The minimum absolute atomic E-state index is 0.202. The molecule has 0 saturated carbocycles. The van der Waals surface area contributed by atoms with Crippen LogP contribution in [0.5, 0.6) is 0 Å². The van der Waals surface area contributed by atoms with Gasteiger partial charge in [-0.2, -0.15) is 21.6 Å². The fourth-order valence-electron chi connectivity index (χ4n) is 2.38. The van der Waals surface area contributed by atoms with Gasteiger partial charge in [-0.25, -0.2) is 9.97 Å². The van der Waals surface area contributed by atoms with Crippen LogP contribution in [0.3, 0.4) is 0 Å². The molecule has 0 aliphatic carbocycles. The Labute approximate surface area is 150 Å². The number of nitrogens with zero attached hydrogens (tertiary/aromatic N) is 2. The Morgan fingerprint density at radius 2 is 2.04 bits per heavy atom. The van der Waals surface area contributed by atoms with E-state index in [-0.39, 0.29) is 5.92 Å². The molecule has 26 heavy (non-hydrogen) atoms. The molecule has 2 aromatic heterocycles. The van der Waals surface area contributed by atoms with Gasteiger partial charge in [-0.15, -0.1) is 0 Å². The fourth-order valence-corrected chi connectivity index (χ4v) is 2.70. The quantitative estimate of drug-likeness (QED) is 0.382. The summed E-state index contributed by atoms with van der Waals surface area (Å²) in [7, 11) is -5.63. The van der Waals surface area contributed by atoms with Crippen LogP contribution in [0.15, 0.2) is 42.8 Å². The van der Waals surface area contributed by atoms with Gasteiger partial charge in [0.2, 0.25) is 0 Å². The van der Waals surface area contributed by atoms with Gasteiger partial charge in [0, 0.05) is 17.3 Å². The van der Waals surface area contributed by atoms with E-state index >= 15 is 0 Å².